The van der Waals surface area contributed by atoms with Gasteiger partial charge >= 0.3 is 0 Å². The van der Waals surface area contributed by atoms with Gasteiger partial charge in [-0.05, 0) is 48.7 Å². The molecule has 0 radical (unpaired) electrons. The highest BCUT2D eigenvalue weighted by Gasteiger charge is 2.13. The summed E-state index contributed by atoms with van der Waals surface area (Å²) in [6, 6.07) is 15.3. The molecule has 0 saturated carbocycles. The molecule has 2 aromatic carbocycles. The molecule has 2 aromatic rings. The molecule has 0 aromatic heterocycles. The van der Waals surface area contributed by atoms with Crippen molar-refractivity contribution in [3.05, 3.63) is 69.7 Å². The molecule has 2 rings (SSSR count). The van der Waals surface area contributed by atoms with Gasteiger partial charge in [0.05, 0.1) is 6.04 Å². The average Bonchev–Trinajstić information content (AvgIpc) is 2.44. The Hall–Kier alpha value is -1.31. The summed E-state index contributed by atoms with van der Waals surface area (Å²) in [7, 11) is 2.00. The molecule has 20 heavy (non-hydrogen) atoms. The van der Waals surface area contributed by atoms with Crippen LogP contribution in [0.1, 0.15) is 41.6 Å². The molecule has 0 fully saturated rings. The van der Waals surface area contributed by atoms with E-state index < -0.39 is 0 Å². The van der Waals surface area contributed by atoms with E-state index in [9.17, 15) is 0 Å². The van der Waals surface area contributed by atoms with Crippen LogP contribution < -0.4 is 5.32 Å². The average molecular weight is 288 g/mol. The fourth-order valence-corrected chi connectivity index (χ4v) is 2.71. The Morgan fingerprint density at radius 2 is 1.85 bits per heavy atom. The van der Waals surface area contributed by atoms with Gasteiger partial charge in [0.25, 0.3) is 0 Å². The van der Waals surface area contributed by atoms with Gasteiger partial charge in [-0.2, -0.15) is 0 Å². The van der Waals surface area contributed by atoms with Gasteiger partial charge in [0.15, 0.2) is 0 Å². The van der Waals surface area contributed by atoms with E-state index in [4.69, 9.17) is 11.6 Å². The summed E-state index contributed by atoms with van der Waals surface area (Å²) >= 11 is 6.12. The van der Waals surface area contributed by atoms with Crippen LogP contribution in [0.4, 0.5) is 0 Å². The number of benzene rings is 2. The van der Waals surface area contributed by atoms with Crippen molar-refractivity contribution >= 4 is 11.6 Å². The zero-order valence-corrected chi connectivity index (χ0v) is 13.2. The van der Waals surface area contributed by atoms with Crippen molar-refractivity contribution in [2.75, 3.05) is 7.05 Å². The second-order valence-electron chi connectivity index (χ2n) is 5.23. The minimum absolute atomic E-state index is 0.211. The SMILES string of the molecule is CCCc1cccc(C(NC)c2ccc(Cl)c(C)c2)c1. The molecule has 106 valence electrons. The maximum atomic E-state index is 6.12. The van der Waals surface area contributed by atoms with Crippen LogP contribution in [0.2, 0.25) is 5.02 Å². The molecule has 0 bridgehead atoms. The summed E-state index contributed by atoms with van der Waals surface area (Å²) in [5.41, 5.74) is 5.08. The molecule has 2 heteroatoms. The standard InChI is InChI=1S/C18H22ClN/c1-4-6-14-7-5-8-15(12-14)18(20-3)16-9-10-17(19)13(2)11-16/h5,7-12,18,20H,4,6H2,1-3H3. The number of nitrogens with one attached hydrogen (secondary N) is 1. The summed E-state index contributed by atoms with van der Waals surface area (Å²) in [6.45, 7) is 4.26. The van der Waals surface area contributed by atoms with Gasteiger partial charge in [-0.1, -0.05) is 61.3 Å². The van der Waals surface area contributed by atoms with Gasteiger partial charge in [-0.3, -0.25) is 0 Å². The molecule has 1 nitrogen and oxygen atoms in total. The highest BCUT2D eigenvalue weighted by atomic mass is 35.5. The molecule has 0 aliphatic carbocycles. The van der Waals surface area contributed by atoms with Gasteiger partial charge in [-0.15, -0.1) is 0 Å². The first-order valence-electron chi connectivity index (χ1n) is 7.18. The molecule has 0 heterocycles. The molecular formula is C18H22ClN. The van der Waals surface area contributed by atoms with Crippen LogP contribution in [0, 0.1) is 6.92 Å². The fraction of sp³-hybridized carbons (Fsp3) is 0.333. The summed E-state index contributed by atoms with van der Waals surface area (Å²) in [5.74, 6) is 0. The fourth-order valence-electron chi connectivity index (χ4n) is 2.59. The van der Waals surface area contributed by atoms with Crippen molar-refractivity contribution in [3.63, 3.8) is 0 Å². The molecule has 0 spiro atoms. The highest BCUT2D eigenvalue weighted by molar-refractivity contribution is 6.31. The lowest BCUT2D eigenvalue weighted by Gasteiger charge is -2.19. The summed E-state index contributed by atoms with van der Waals surface area (Å²) in [4.78, 5) is 0. The number of halogens is 1. The lowest BCUT2D eigenvalue weighted by molar-refractivity contribution is 0.689. The highest BCUT2D eigenvalue weighted by Crippen LogP contribution is 2.26. The normalized spacial score (nSPS) is 12.4. The lowest BCUT2D eigenvalue weighted by Crippen LogP contribution is -2.18. The first-order chi connectivity index (χ1) is 9.65. The molecule has 0 amide bonds. The number of rotatable bonds is 5. The number of aryl methyl sites for hydroxylation is 2. The van der Waals surface area contributed by atoms with E-state index in [1.165, 1.54) is 23.1 Å². The van der Waals surface area contributed by atoms with Crippen molar-refractivity contribution < 1.29 is 0 Å². The largest absolute Gasteiger partial charge is 0.309 e. The Labute approximate surface area is 127 Å². The maximum Gasteiger partial charge on any atom is 0.0574 e. The van der Waals surface area contributed by atoms with Gasteiger partial charge in [-0.25, -0.2) is 0 Å². The summed E-state index contributed by atoms with van der Waals surface area (Å²) in [5, 5.41) is 4.23. The van der Waals surface area contributed by atoms with E-state index in [1.54, 1.807) is 0 Å². The topological polar surface area (TPSA) is 12.0 Å². The summed E-state index contributed by atoms with van der Waals surface area (Å²) < 4.78 is 0. The van der Waals surface area contributed by atoms with E-state index >= 15 is 0 Å². The van der Waals surface area contributed by atoms with Crippen molar-refractivity contribution in [2.45, 2.75) is 32.7 Å². The van der Waals surface area contributed by atoms with Crippen LogP contribution >= 0.6 is 11.6 Å². The summed E-state index contributed by atoms with van der Waals surface area (Å²) in [6.07, 6.45) is 2.30. The van der Waals surface area contributed by atoms with Crippen LogP contribution in [0.25, 0.3) is 0 Å². The van der Waals surface area contributed by atoms with Crippen LogP contribution in [0.5, 0.6) is 0 Å². The van der Waals surface area contributed by atoms with Crippen molar-refractivity contribution in [1.82, 2.24) is 5.32 Å². The van der Waals surface area contributed by atoms with E-state index in [0.29, 0.717) is 0 Å². The quantitative estimate of drug-likeness (QED) is 0.824. The smallest absolute Gasteiger partial charge is 0.0574 e. The van der Waals surface area contributed by atoms with E-state index in [2.05, 4.69) is 48.6 Å². The molecule has 1 unspecified atom stereocenters. The van der Waals surface area contributed by atoms with Crippen LogP contribution in [-0.2, 0) is 6.42 Å². The predicted molar refractivity (Wildman–Crippen MR) is 87.5 cm³/mol. The van der Waals surface area contributed by atoms with Crippen molar-refractivity contribution in [2.24, 2.45) is 0 Å². The Bertz CT molecular complexity index is 577. The Balaban J connectivity index is 2.36. The lowest BCUT2D eigenvalue weighted by atomic mass is 9.95. The van der Waals surface area contributed by atoms with E-state index in [1.807, 2.05) is 20.0 Å². The third-order valence-corrected chi connectivity index (χ3v) is 4.05. The maximum absolute atomic E-state index is 6.12. The van der Waals surface area contributed by atoms with Crippen LogP contribution in [-0.4, -0.2) is 7.05 Å². The third kappa shape index (κ3) is 3.41. The monoisotopic (exact) mass is 287 g/mol. The third-order valence-electron chi connectivity index (χ3n) is 3.63. The van der Waals surface area contributed by atoms with Gasteiger partial charge in [0.1, 0.15) is 0 Å². The molecule has 0 aliphatic rings. The minimum Gasteiger partial charge on any atom is -0.309 e. The molecule has 1 N–H and O–H groups in total. The zero-order valence-electron chi connectivity index (χ0n) is 12.4. The van der Waals surface area contributed by atoms with Crippen molar-refractivity contribution in [3.8, 4) is 0 Å². The van der Waals surface area contributed by atoms with Gasteiger partial charge in [0, 0.05) is 5.02 Å². The molecule has 0 saturated heterocycles. The second kappa shape index (κ2) is 6.92. The predicted octanol–water partition coefficient (Wildman–Crippen LogP) is 4.91. The second-order valence-corrected chi connectivity index (χ2v) is 5.63. The molecule has 0 aliphatic heterocycles. The van der Waals surface area contributed by atoms with E-state index in [0.717, 1.165) is 17.0 Å². The first-order valence-corrected chi connectivity index (χ1v) is 7.55. The van der Waals surface area contributed by atoms with Crippen LogP contribution in [0.3, 0.4) is 0 Å². The number of hydrogen-bond acceptors (Lipinski definition) is 1. The first kappa shape index (κ1) is 15.1. The van der Waals surface area contributed by atoms with E-state index in [-0.39, 0.29) is 6.04 Å². The number of hydrogen-bond donors (Lipinski definition) is 1. The Kier molecular flexibility index (Phi) is 5.22. The van der Waals surface area contributed by atoms with Gasteiger partial charge in [0.2, 0.25) is 0 Å². The molecular weight excluding hydrogens is 266 g/mol. The van der Waals surface area contributed by atoms with Crippen molar-refractivity contribution in [1.29, 1.82) is 0 Å². The Morgan fingerprint density at radius 3 is 2.50 bits per heavy atom. The zero-order chi connectivity index (χ0) is 14.5. The van der Waals surface area contributed by atoms with Gasteiger partial charge < -0.3 is 5.32 Å². The van der Waals surface area contributed by atoms with Crippen LogP contribution in [0.15, 0.2) is 42.5 Å². The molecule has 1 atom stereocenters. The Morgan fingerprint density at radius 1 is 1.10 bits per heavy atom. The minimum atomic E-state index is 0.211.